The van der Waals surface area contributed by atoms with Crippen molar-refractivity contribution in [2.24, 2.45) is 0 Å². The Morgan fingerprint density at radius 1 is 1.00 bits per heavy atom. The summed E-state index contributed by atoms with van der Waals surface area (Å²) in [6.07, 6.45) is 3.22. The van der Waals surface area contributed by atoms with Crippen LogP contribution in [0.3, 0.4) is 0 Å². The molecule has 0 atom stereocenters. The van der Waals surface area contributed by atoms with Gasteiger partial charge in [0.1, 0.15) is 0 Å². The third kappa shape index (κ3) is 5.85. The molecule has 0 heterocycles. The summed E-state index contributed by atoms with van der Waals surface area (Å²) < 4.78 is 0. The van der Waals surface area contributed by atoms with Crippen molar-refractivity contribution in [2.45, 2.75) is 39.7 Å². The van der Waals surface area contributed by atoms with Crippen molar-refractivity contribution in [3.05, 3.63) is 34.9 Å². The molecule has 2 heteroatoms. The standard InChI is InChI=1S/C15H25NO/c1-13-9-14(2)11-15(10-13)12-16(3)7-5-4-6-8-17/h9-11,17H,4-8,12H2,1-3H3. The molecule has 0 aromatic heterocycles. The molecule has 0 fully saturated rings. The van der Waals surface area contributed by atoms with Gasteiger partial charge in [0.25, 0.3) is 0 Å². The Hall–Kier alpha value is -0.860. The molecular formula is C15H25NO. The molecule has 0 aliphatic rings. The summed E-state index contributed by atoms with van der Waals surface area (Å²) >= 11 is 0. The largest absolute Gasteiger partial charge is 0.396 e. The van der Waals surface area contributed by atoms with Gasteiger partial charge in [-0.25, -0.2) is 0 Å². The molecule has 96 valence electrons. The second-order valence-electron chi connectivity index (χ2n) is 5.02. The minimum absolute atomic E-state index is 0.320. The molecule has 0 bridgehead atoms. The van der Waals surface area contributed by atoms with Crippen LogP contribution in [0.1, 0.15) is 36.0 Å². The van der Waals surface area contributed by atoms with Crippen molar-refractivity contribution >= 4 is 0 Å². The highest BCUT2D eigenvalue weighted by Gasteiger charge is 2.01. The fourth-order valence-electron chi connectivity index (χ4n) is 2.22. The lowest BCUT2D eigenvalue weighted by Gasteiger charge is -2.17. The number of aliphatic hydroxyl groups excluding tert-OH is 1. The minimum atomic E-state index is 0.320. The normalized spacial score (nSPS) is 11.1. The molecule has 2 nitrogen and oxygen atoms in total. The summed E-state index contributed by atoms with van der Waals surface area (Å²) in [5.74, 6) is 0. The monoisotopic (exact) mass is 235 g/mol. The van der Waals surface area contributed by atoms with E-state index in [9.17, 15) is 0 Å². The van der Waals surface area contributed by atoms with E-state index in [4.69, 9.17) is 5.11 Å². The average Bonchev–Trinajstić information content (AvgIpc) is 2.23. The van der Waals surface area contributed by atoms with Crippen LogP contribution in [0, 0.1) is 13.8 Å². The van der Waals surface area contributed by atoms with Gasteiger partial charge in [-0.1, -0.05) is 29.3 Å². The van der Waals surface area contributed by atoms with Crippen LogP contribution in [-0.4, -0.2) is 30.2 Å². The van der Waals surface area contributed by atoms with E-state index in [1.54, 1.807) is 0 Å². The molecule has 0 spiro atoms. The Morgan fingerprint density at radius 2 is 1.65 bits per heavy atom. The zero-order valence-corrected chi connectivity index (χ0v) is 11.4. The fourth-order valence-corrected chi connectivity index (χ4v) is 2.22. The van der Waals surface area contributed by atoms with Crippen molar-refractivity contribution in [2.75, 3.05) is 20.2 Å². The van der Waals surface area contributed by atoms with Crippen molar-refractivity contribution < 1.29 is 5.11 Å². The molecule has 1 N–H and O–H groups in total. The van der Waals surface area contributed by atoms with Crippen LogP contribution in [0.4, 0.5) is 0 Å². The van der Waals surface area contributed by atoms with Gasteiger partial charge in [-0.05, 0) is 52.3 Å². The molecule has 0 amide bonds. The van der Waals surface area contributed by atoms with Crippen LogP contribution in [0.5, 0.6) is 0 Å². The Bertz CT molecular complexity index is 315. The first-order valence-corrected chi connectivity index (χ1v) is 6.48. The maximum absolute atomic E-state index is 8.71. The predicted molar refractivity (Wildman–Crippen MR) is 73.2 cm³/mol. The van der Waals surface area contributed by atoms with Crippen LogP contribution < -0.4 is 0 Å². The van der Waals surface area contributed by atoms with Gasteiger partial charge in [-0.2, -0.15) is 0 Å². The number of hydrogen-bond acceptors (Lipinski definition) is 2. The lowest BCUT2D eigenvalue weighted by molar-refractivity contribution is 0.271. The van der Waals surface area contributed by atoms with E-state index in [-0.39, 0.29) is 0 Å². The lowest BCUT2D eigenvalue weighted by atomic mass is 10.1. The zero-order valence-electron chi connectivity index (χ0n) is 11.4. The molecular weight excluding hydrogens is 210 g/mol. The third-order valence-corrected chi connectivity index (χ3v) is 2.93. The van der Waals surface area contributed by atoms with Gasteiger partial charge in [-0.15, -0.1) is 0 Å². The first-order chi connectivity index (χ1) is 8.11. The van der Waals surface area contributed by atoms with Crippen LogP contribution in [-0.2, 0) is 6.54 Å². The zero-order chi connectivity index (χ0) is 12.7. The molecule has 1 aromatic carbocycles. The van der Waals surface area contributed by atoms with Gasteiger partial charge in [-0.3, -0.25) is 0 Å². The number of hydrogen-bond donors (Lipinski definition) is 1. The second kappa shape index (κ2) is 7.46. The van der Waals surface area contributed by atoms with Crippen molar-refractivity contribution in [3.63, 3.8) is 0 Å². The molecule has 0 aliphatic carbocycles. The van der Waals surface area contributed by atoms with Crippen molar-refractivity contribution in [3.8, 4) is 0 Å². The van der Waals surface area contributed by atoms with Crippen LogP contribution in [0.15, 0.2) is 18.2 Å². The van der Waals surface area contributed by atoms with Crippen molar-refractivity contribution in [1.29, 1.82) is 0 Å². The molecule has 17 heavy (non-hydrogen) atoms. The maximum atomic E-state index is 8.71. The second-order valence-corrected chi connectivity index (χ2v) is 5.02. The van der Waals surface area contributed by atoms with E-state index in [0.29, 0.717) is 6.61 Å². The summed E-state index contributed by atoms with van der Waals surface area (Å²) in [5, 5.41) is 8.71. The molecule has 0 radical (unpaired) electrons. The number of benzene rings is 1. The first-order valence-electron chi connectivity index (χ1n) is 6.48. The molecule has 0 unspecified atom stereocenters. The fraction of sp³-hybridized carbons (Fsp3) is 0.600. The van der Waals surface area contributed by atoms with E-state index in [1.807, 2.05) is 0 Å². The van der Waals surface area contributed by atoms with E-state index in [0.717, 1.165) is 25.9 Å². The third-order valence-electron chi connectivity index (χ3n) is 2.93. The van der Waals surface area contributed by atoms with E-state index in [1.165, 1.54) is 23.1 Å². The Morgan fingerprint density at radius 3 is 2.24 bits per heavy atom. The van der Waals surface area contributed by atoms with E-state index >= 15 is 0 Å². The summed E-state index contributed by atoms with van der Waals surface area (Å²) in [5.41, 5.74) is 4.08. The van der Waals surface area contributed by atoms with Crippen LogP contribution in [0.25, 0.3) is 0 Å². The smallest absolute Gasteiger partial charge is 0.0431 e. The van der Waals surface area contributed by atoms with Gasteiger partial charge in [0, 0.05) is 13.2 Å². The highest BCUT2D eigenvalue weighted by atomic mass is 16.2. The van der Waals surface area contributed by atoms with E-state index in [2.05, 4.69) is 44.0 Å². The number of rotatable bonds is 7. The molecule has 0 saturated heterocycles. The average molecular weight is 235 g/mol. The van der Waals surface area contributed by atoms with Crippen molar-refractivity contribution in [1.82, 2.24) is 4.90 Å². The molecule has 0 saturated carbocycles. The number of aryl methyl sites for hydroxylation is 2. The molecule has 1 rings (SSSR count). The minimum Gasteiger partial charge on any atom is -0.396 e. The first kappa shape index (κ1) is 14.2. The molecule has 0 aliphatic heterocycles. The van der Waals surface area contributed by atoms with Crippen LogP contribution in [0.2, 0.25) is 0 Å². The topological polar surface area (TPSA) is 23.5 Å². The quantitative estimate of drug-likeness (QED) is 0.735. The van der Waals surface area contributed by atoms with Crippen LogP contribution >= 0.6 is 0 Å². The number of unbranched alkanes of at least 4 members (excludes halogenated alkanes) is 2. The number of nitrogens with zero attached hydrogens (tertiary/aromatic N) is 1. The van der Waals surface area contributed by atoms with Gasteiger partial charge in [0.05, 0.1) is 0 Å². The highest BCUT2D eigenvalue weighted by Crippen LogP contribution is 2.11. The SMILES string of the molecule is Cc1cc(C)cc(CN(C)CCCCCO)c1. The Labute approximate surface area is 105 Å². The number of aliphatic hydroxyl groups is 1. The Kier molecular flexibility index (Phi) is 6.23. The van der Waals surface area contributed by atoms with Gasteiger partial charge < -0.3 is 10.0 Å². The molecule has 1 aromatic rings. The Balaban J connectivity index is 2.36. The summed E-state index contributed by atoms with van der Waals surface area (Å²) in [6.45, 7) is 6.74. The predicted octanol–water partition coefficient (Wildman–Crippen LogP) is 2.90. The maximum Gasteiger partial charge on any atom is 0.0431 e. The van der Waals surface area contributed by atoms with Gasteiger partial charge >= 0.3 is 0 Å². The lowest BCUT2D eigenvalue weighted by Crippen LogP contribution is -2.19. The summed E-state index contributed by atoms with van der Waals surface area (Å²) in [7, 11) is 2.16. The van der Waals surface area contributed by atoms with Gasteiger partial charge in [0.15, 0.2) is 0 Å². The highest BCUT2D eigenvalue weighted by molar-refractivity contribution is 5.28. The van der Waals surface area contributed by atoms with E-state index < -0.39 is 0 Å². The van der Waals surface area contributed by atoms with Gasteiger partial charge in [0.2, 0.25) is 0 Å². The summed E-state index contributed by atoms with van der Waals surface area (Å²) in [4.78, 5) is 2.35. The summed E-state index contributed by atoms with van der Waals surface area (Å²) in [6, 6.07) is 6.74.